The van der Waals surface area contributed by atoms with Gasteiger partial charge in [0.15, 0.2) is 5.78 Å². The van der Waals surface area contributed by atoms with Crippen LogP contribution >= 0.6 is 0 Å². The maximum atomic E-state index is 15.2. The van der Waals surface area contributed by atoms with Gasteiger partial charge in [0.25, 0.3) is 0 Å². The van der Waals surface area contributed by atoms with Crippen molar-refractivity contribution in [3.63, 3.8) is 0 Å². The van der Waals surface area contributed by atoms with Gasteiger partial charge >= 0.3 is 5.97 Å². The molecule has 0 aromatic heterocycles. The van der Waals surface area contributed by atoms with E-state index in [0.717, 1.165) is 36.2 Å². The smallest absolute Gasteiger partial charge is 0.316 e. The topological polar surface area (TPSA) is 61.8 Å². The number of esters is 1. The van der Waals surface area contributed by atoms with Gasteiger partial charge in [-0.2, -0.15) is 0 Å². The Kier molecular flexibility index (Phi) is 5.09. The van der Waals surface area contributed by atoms with E-state index in [-0.39, 0.29) is 36.4 Å². The summed E-state index contributed by atoms with van der Waals surface area (Å²) in [5.74, 6) is 2.05. The molecule has 5 nitrogen and oxygen atoms in total. The standard InChI is InChI=1S/C27H33FO5/c1-31-25(30)27(14-32-15-27)12-23(29)21-7-20(19-2-3-19)24(8-22(21)28)33-13-26-9-16-4-17(10-26)6-18(5-16)11-26/h7-8,16-19H,2-6,9-15H2,1H3. The van der Waals surface area contributed by atoms with Crippen molar-refractivity contribution in [3.05, 3.63) is 29.1 Å². The lowest BCUT2D eigenvalue weighted by molar-refractivity contribution is -0.182. The minimum atomic E-state index is -0.994. The van der Waals surface area contributed by atoms with Crippen LogP contribution in [0.15, 0.2) is 12.1 Å². The Morgan fingerprint density at radius 3 is 2.21 bits per heavy atom. The van der Waals surface area contributed by atoms with E-state index in [1.54, 1.807) is 6.07 Å². The number of ketones is 1. The first-order chi connectivity index (χ1) is 15.9. The van der Waals surface area contributed by atoms with E-state index in [4.69, 9.17) is 14.2 Å². The molecule has 178 valence electrons. The lowest BCUT2D eigenvalue weighted by Gasteiger charge is -2.56. The second-order valence-corrected chi connectivity index (χ2v) is 11.7. The highest BCUT2D eigenvalue weighted by molar-refractivity contribution is 6.00. The quantitative estimate of drug-likeness (QED) is 0.404. The summed E-state index contributed by atoms with van der Waals surface area (Å²) in [5.41, 5.74) is 0.249. The van der Waals surface area contributed by atoms with E-state index >= 15 is 4.39 Å². The lowest BCUT2D eigenvalue weighted by Crippen LogP contribution is -2.51. The molecule has 0 amide bonds. The molecule has 33 heavy (non-hydrogen) atoms. The number of carbonyl (C=O) groups is 2. The fraction of sp³-hybridized carbons (Fsp3) is 0.704. The van der Waals surface area contributed by atoms with Crippen LogP contribution in [0.3, 0.4) is 0 Å². The van der Waals surface area contributed by atoms with Crippen LogP contribution in [-0.4, -0.2) is 38.7 Å². The molecule has 0 atom stereocenters. The van der Waals surface area contributed by atoms with E-state index in [1.807, 2.05) is 0 Å². The van der Waals surface area contributed by atoms with Crippen molar-refractivity contribution in [1.29, 1.82) is 0 Å². The Balaban J connectivity index is 1.21. The molecule has 5 aliphatic carbocycles. The average Bonchev–Trinajstić information content (AvgIpc) is 3.58. The predicted molar refractivity (Wildman–Crippen MR) is 119 cm³/mol. The second kappa shape index (κ2) is 7.79. The Bertz CT molecular complexity index is 942. The molecule has 0 spiro atoms. The van der Waals surface area contributed by atoms with Crippen molar-refractivity contribution in [2.45, 2.75) is 63.7 Å². The molecule has 1 heterocycles. The highest BCUT2D eigenvalue weighted by Gasteiger charge is 2.52. The van der Waals surface area contributed by atoms with Crippen LogP contribution in [0.1, 0.15) is 79.6 Å². The molecule has 0 radical (unpaired) electrons. The summed E-state index contributed by atoms with van der Waals surface area (Å²) in [7, 11) is 1.30. The first kappa shape index (κ1) is 21.6. The van der Waals surface area contributed by atoms with Gasteiger partial charge in [0.2, 0.25) is 0 Å². The van der Waals surface area contributed by atoms with Crippen LogP contribution in [-0.2, 0) is 14.3 Å². The molecule has 1 aromatic carbocycles. The van der Waals surface area contributed by atoms with Crippen LogP contribution in [0.4, 0.5) is 4.39 Å². The van der Waals surface area contributed by atoms with Crippen LogP contribution in [0, 0.1) is 34.4 Å². The van der Waals surface area contributed by atoms with Gasteiger partial charge in [-0.1, -0.05) is 0 Å². The van der Waals surface area contributed by atoms with Gasteiger partial charge in [-0.15, -0.1) is 0 Å². The summed E-state index contributed by atoms with van der Waals surface area (Å²) >= 11 is 0. The number of methoxy groups -OCH3 is 1. The van der Waals surface area contributed by atoms with Gasteiger partial charge in [-0.3, -0.25) is 9.59 Å². The number of rotatable bonds is 8. The molecule has 1 saturated heterocycles. The summed E-state index contributed by atoms with van der Waals surface area (Å²) in [4.78, 5) is 25.2. The third kappa shape index (κ3) is 3.78. The van der Waals surface area contributed by atoms with Crippen molar-refractivity contribution < 1.29 is 28.2 Å². The van der Waals surface area contributed by atoms with Gasteiger partial charge in [0, 0.05) is 17.9 Å². The normalized spacial score (nSPS) is 33.5. The van der Waals surface area contributed by atoms with Crippen molar-refractivity contribution in [2.24, 2.45) is 28.6 Å². The zero-order chi connectivity index (χ0) is 22.8. The van der Waals surface area contributed by atoms with Gasteiger partial charge in [-0.25, -0.2) is 4.39 Å². The number of hydrogen-bond donors (Lipinski definition) is 0. The van der Waals surface area contributed by atoms with E-state index in [2.05, 4.69) is 0 Å². The molecule has 1 aromatic rings. The Labute approximate surface area is 194 Å². The number of ether oxygens (including phenoxy) is 3. The molecule has 0 unspecified atom stereocenters. The highest BCUT2D eigenvalue weighted by atomic mass is 19.1. The summed E-state index contributed by atoms with van der Waals surface area (Å²) in [5, 5.41) is 0. The third-order valence-corrected chi connectivity index (χ3v) is 8.99. The number of halogens is 1. The summed E-state index contributed by atoms with van der Waals surface area (Å²) < 4.78 is 31.6. The Hall–Kier alpha value is -1.95. The van der Waals surface area contributed by atoms with Gasteiger partial charge in [0.05, 0.1) is 32.5 Å². The molecule has 0 N–H and O–H groups in total. The first-order valence-electron chi connectivity index (χ1n) is 12.5. The fourth-order valence-corrected chi connectivity index (χ4v) is 7.58. The van der Waals surface area contributed by atoms with Crippen LogP contribution < -0.4 is 4.74 Å². The predicted octanol–water partition coefficient (Wildman–Crippen LogP) is 5.06. The SMILES string of the molecule is COC(=O)C1(CC(=O)c2cc(C3CC3)c(OCC34CC5CC(CC(C5)C3)C4)cc2F)COC1. The van der Waals surface area contributed by atoms with Crippen molar-refractivity contribution in [3.8, 4) is 5.75 Å². The number of benzene rings is 1. The number of carbonyl (C=O) groups excluding carboxylic acids is 2. The Morgan fingerprint density at radius 1 is 1.06 bits per heavy atom. The zero-order valence-electron chi connectivity index (χ0n) is 19.4. The van der Waals surface area contributed by atoms with Gasteiger partial charge in [0.1, 0.15) is 17.0 Å². The van der Waals surface area contributed by atoms with Gasteiger partial charge in [-0.05, 0) is 86.7 Å². The summed E-state index contributed by atoms with van der Waals surface area (Å²) in [6, 6.07) is 3.11. The monoisotopic (exact) mass is 456 g/mol. The molecule has 1 aliphatic heterocycles. The largest absolute Gasteiger partial charge is 0.493 e. The molecule has 6 fully saturated rings. The van der Waals surface area contributed by atoms with Crippen molar-refractivity contribution >= 4 is 11.8 Å². The van der Waals surface area contributed by atoms with E-state index in [1.165, 1.54) is 51.7 Å². The molecular weight excluding hydrogens is 423 g/mol. The number of Topliss-reactive ketones (excluding diaryl/α,β-unsaturated/α-hetero) is 1. The average molecular weight is 457 g/mol. The van der Waals surface area contributed by atoms with Crippen LogP contribution in [0.25, 0.3) is 0 Å². The van der Waals surface area contributed by atoms with Crippen LogP contribution in [0.5, 0.6) is 5.75 Å². The first-order valence-corrected chi connectivity index (χ1v) is 12.5. The van der Waals surface area contributed by atoms with Crippen LogP contribution in [0.2, 0.25) is 0 Å². The number of hydrogen-bond acceptors (Lipinski definition) is 5. The highest BCUT2D eigenvalue weighted by Crippen LogP contribution is 2.60. The minimum Gasteiger partial charge on any atom is -0.493 e. The Morgan fingerprint density at radius 2 is 1.70 bits per heavy atom. The lowest BCUT2D eigenvalue weighted by atomic mass is 9.50. The maximum absolute atomic E-state index is 15.2. The van der Waals surface area contributed by atoms with Crippen molar-refractivity contribution in [1.82, 2.24) is 0 Å². The minimum absolute atomic E-state index is 0.0502. The second-order valence-electron chi connectivity index (χ2n) is 11.7. The molecule has 4 bridgehead atoms. The zero-order valence-corrected chi connectivity index (χ0v) is 19.4. The summed E-state index contributed by atoms with van der Waals surface area (Å²) in [6.07, 6.45) is 9.86. The third-order valence-electron chi connectivity index (χ3n) is 8.99. The molecule has 6 heteroatoms. The molecular formula is C27H33FO5. The van der Waals surface area contributed by atoms with E-state index in [0.29, 0.717) is 18.3 Å². The fourth-order valence-electron chi connectivity index (χ4n) is 7.58. The maximum Gasteiger partial charge on any atom is 0.316 e. The van der Waals surface area contributed by atoms with Gasteiger partial charge < -0.3 is 14.2 Å². The molecule has 6 aliphatic rings. The summed E-state index contributed by atoms with van der Waals surface area (Å²) in [6.45, 7) is 0.926. The molecule has 7 rings (SSSR count). The van der Waals surface area contributed by atoms with E-state index in [9.17, 15) is 9.59 Å². The van der Waals surface area contributed by atoms with E-state index < -0.39 is 17.2 Å². The van der Waals surface area contributed by atoms with Crippen molar-refractivity contribution in [2.75, 3.05) is 26.9 Å². The molecule has 5 saturated carbocycles.